The summed E-state index contributed by atoms with van der Waals surface area (Å²) >= 11 is 6.04. The molecule has 2 atom stereocenters. The van der Waals surface area contributed by atoms with Crippen molar-refractivity contribution in [1.82, 2.24) is 5.32 Å². The molecule has 4 nitrogen and oxygen atoms in total. The summed E-state index contributed by atoms with van der Waals surface area (Å²) < 4.78 is 5.81. The number of benzene rings is 1. The van der Waals surface area contributed by atoms with Crippen LogP contribution in [0.1, 0.15) is 38.7 Å². The molecule has 0 radical (unpaired) electrons. The molecule has 1 aliphatic carbocycles. The molecular weight excluding hydrogens is 288 g/mol. The van der Waals surface area contributed by atoms with Gasteiger partial charge in [0.2, 0.25) is 0 Å². The molecule has 1 fully saturated rings. The van der Waals surface area contributed by atoms with Gasteiger partial charge in [-0.1, -0.05) is 18.5 Å². The molecule has 3 N–H and O–H groups in total. The Morgan fingerprint density at radius 1 is 1.52 bits per heavy atom. The molecule has 0 saturated heterocycles. The molecule has 0 aromatic heterocycles. The standard InChI is InChI=1S/C16H23ClN2O2/c1-3-13(18)9-11-8-12(17)4-7-15(11)21-10(2)16(20)19-14-5-6-14/h4,7-8,10,13-14H,3,5-6,9,18H2,1-2H3,(H,19,20). The van der Waals surface area contributed by atoms with Crippen molar-refractivity contribution in [3.63, 3.8) is 0 Å². The van der Waals surface area contributed by atoms with Gasteiger partial charge in [0.1, 0.15) is 5.75 Å². The van der Waals surface area contributed by atoms with Crippen LogP contribution in [0.5, 0.6) is 5.75 Å². The van der Waals surface area contributed by atoms with Gasteiger partial charge in [-0.15, -0.1) is 0 Å². The average molecular weight is 311 g/mol. The van der Waals surface area contributed by atoms with E-state index in [9.17, 15) is 4.79 Å². The van der Waals surface area contributed by atoms with E-state index < -0.39 is 6.10 Å². The molecule has 2 rings (SSSR count). The quantitative estimate of drug-likeness (QED) is 0.814. The molecule has 0 spiro atoms. The number of carbonyl (C=O) groups excluding carboxylic acids is 1. The summed E-state index contributed by atoms with van der Waals surface area (Å²) in [6.07, 6.45) is 3.17. The van der Waals surface area contributed by atoms with Crippen LogP contribution in [-0.2, 0) is 11.2 Å². The highest BCUT2D eigenvalue weighted by Crippen LogP contribution is 2.26. The third-order valence-corrected chi connectivity index (χ3v) is 3.86. The SMILES string of the molecule is CCC(N)Cc1cc(Cl)ccc1OC(C)C(=O)NC1CC1. The first-order valence-corrected chi connectivity index (χ1v) is 7.88. The summed E-state index contributed by atoms with van der Waals surface area (Å²) in [5.41, 5.74) is 6.96. The maximum Gasteiger partial charge on any atom is 0.260 e. The molecule has 1 saturated carbocycles. The van der Waals surface area contributed by atoms with E-state index in [1.165, 1.54) is 0 Å². The monoisotopic (exact) mass is 310 g/mol. The molecule has 0 bridgehead atoms. The normalized spacial score (nSPS) is 17.1. The van der Waals surface area contributed by atoms with Gasteiger partial charge in [0.25, 0.3) is 5.91 Å². The summed E-state index contributed by atoms with van der Waals surface area (Å²) in [5.74, 6) is 0.611. The number of halogens is 1. The highest BCUT2D eigenvalue weighted by Gasteiger charge is 2.26. The Bertz CT molecular complexity index is 503. The highest BCUT2D eigenvalue weighted by atomic mass is 35.5. The van der Waals surface area contributed by atoms with Crippen molar-refractivity contribution in [3.05, 3.63) is 28.8 Å². The molecule has 1 aromatic carbocycles. The topological polar surface area (TPSA) is 64.3 Å². The molecular formula is C16H23ClN2O2. The zero-order valence-corrected chi connectivity index (χ0v) is 13.3. The second-order valence-electron chi connectivity index (χ2n) is 5.67. The minimum atomic E-state index is -0.525. The van der Waals surface area contributed by atoms with Crippen LogP contribution in [0.25, 0.3) is 0 Å². The van der Waals surface area contributed by atoms with Crippen molar-refractivity contribution in [3.8, 4) is 5.75 Å². The van der Waals surface area contributed by atoms with Crippen molar-refractivity contribution < 1.29 is 9.53 Å². The number of nitrogens with two attached hydrogens (primary N) is 1. The van der Waals surface area contributed by atoms with Gasteiger partial charge < -0.3 is 15.8 Å². The van der Waals surface area contributed by atoms with Crippen LogP contribution in [0, 0.1) is 0 Å². The fourth-order valence-corrected chi connectivity index (χ4v) is 2.23. The van der Waals surface area contributed by atoms with Crippen LogP contribution in [0.2, 0.25) is 5.02 Å². The Balaban J connectivity index is 2.04. The Labute approximate surface area is 131 Å². The molecule has 116 valence electrons. The van der Waals surface area contributed by atoms with Crippen LogP contribution < -0.4 is 15.8 Å². The van der Waals surface area contributed by atoms with E-state index in [1.54, 1.807) is 19.1 Å². The van der Waals surface area contributed by atoms with Gasteiger partial charge in [0, 0.05) is 17.1 Å². The van der Waals surface area contributed by atoms with E-state index in [-0.39, 0.29) is 11.9 Å². The number of ether oxygens (including phenoxy) is 1. The number of hydrogen-bond acceptors (Lipinski definition) is 3. The second-order valence-corrected chi connectivity index (χ2v) is 6.10. The molecule has 2 unspecified atom stereocenters. The van der Waals surface area contributed by atoms with Gasteiger partial charge in [-0.2, -0.15) is 0 Å². The lowest BCUT2D eigenvalue weighted by Crippen LogP contribution is -2.37. The third-order valence-electron chi connectivity index (χ3n) is 3.63. The van der Waals surface area contributed by atoms with E-state index in [0.717, 1.165) is 24.8 Å². The first-order chi connectivity index (χ1) is 9.99. The Hall–Kier alpha value is -1.26. The van der Waals surface area contributed by atoms with Gasteiger partial charge in [-0.25, -0.2) is 0 Å². The van der Waals surface area contributed by atoms with E-state index in [1.807, 2.05) is 13.0 Å². The van der Waals surface area contributed by atoms with Crippen molar-refractivity contribution in [2.75, 3.05) is 0 Å². The van der Waals surface area contributed by atoms with E-state index in [2.05, 4.69) is 5.32 Å². The number of hydrogen-bond donors (Lipinski definition) is 2. The largest absolute Gasteiger partial charge is 0.481 e. The van der Waals surface area contributed by atoms with Gasteiger partial charge >= 0.3 is 0 Å². The van der Waals surface area contributed by atoms with Crippen LogP contribution in [0.15, 0.2) is 18.2 Å². The van der Waals surface area contributed by atoms with Crippen molar-refractivity contribution >= 4 is 17.5 Å². The summed E-state index contributed by atoms with van der Waals surface area (Å²) in [5, 5.41) is 3.59. The van der Waals surface area contributed by atoms with Gasteiger partial charge in [0.15, 0.2) is 6.10 Å². The minimum absolute atomic E-state index is 0.0569. The lowest BCUT2D eigenvalue weighted by atomic mass is 10.0. The first-order valence-electron chi connectivity index (χ1n) is 7.50. The smallest absolute Gasteiger partial charge is 0.260 e. The molecule has 1 amide bonds. The zero-order valence-electron chi connectivity index (χ0n) is 12.6. The molecule has 1 aliphatic rings. The van der Waals surface area contributed by atoms with Crippen LogP contribution >= 0.6 is 11.6 Å². The first kappa shape index (κ1) is 16.1. The van der Waals surface area contributed by atoms with Crippen molar-refractivity contribution in [2.24, 2.45) is 5.73 Å². The molecule has 1 aromatic rings. The zero-order chi connectivity index (χ0) is 15.4. The maximum absolute atomic E-state index is 12.0. The lowest BCUT2D eigenvalue weighted by molar-refractivity contribution is -0.127. The third kappa shape index (κ3) is 4.90. The van der Waals surface area contributed by atoms with Crippen LogP contribution in [0.4, 0.5) is 0 Å². The summed E-state index contributed by atoms with van der Waals surface area (Å²) in [4.78, 5) is 12.0. The number of nitrogens with one attached hydrogen (secondary N) is 1. The van der Waals surface area contributed by atoms with Gasteiger partial charge in [-0.3, -0.25) is 4.79 Å². The fourth-order valence-electron chi connectivity index (χ4n) is 2.04. The Morgan fingerprint density at radius 3 is 2.86 bits per heavy atom. The van der Waals surface area contributed by atoms with Crippen LogP contribution in [0.3, 0.4) is 0 Å². The Morgan fingerprint density at radius 2 is 2.24 bits per heavy atom. The van der Waals surface area contributed by atoms with Gasteiger partial charge in [0.05, 0.1) is 0 Å². The summed E-state index contributed by atoms with van der Waals surface area (Å²) in [6, 6.07) is 5.82. The summed E-state index contributed by atoms with van der Waals surface area (Å²) in [7, 11) is 0. The number of carbonyl (C=O) groups is 1. The van der Waals surface area contributed by atoms with Gasteiger partial charge in [-0.05, 0) is 56.4 Å². The lowest BCUT2D eigenvalue weighted by Gasteiger charge is -2.19. The average Bonchev–Trinajstić information content (AvgIpc) is 3.25. The predicted octanol–water partition coefficient (Wildman–Crippen LogP) is 2.67. The molecule has 0 heterocycles. The summed E-state index contributed by atoms with van der Waals surface area (Å²) in [6.45, 7) is 3.80. The van der Waals surface area contributed by atoms with Crippen molar-refractivity contribution in [1.29, 1.82) is 0 Å². The fraction of sp³-hybridized carbons (Fsp3) is 0.562. The van der Waals surface area contributed by atoms with Crippen molar-refractivity contribution in [2.45, 2.75) is 57.7 Å². The highest BCUT2D eigenvalue weighted by molar-refractivity contribution is 6.30. The maximum atomic E-state index is 12.0. The second kappa shape index (κ2) is 7.14. The van der Waals surface area contributed by atoms with E-state index in [0.29, 0.717) is 23.2 Å². The predicted molar refractivity (Wildman–Crippen MR) is 84.7 cm³/mol. The number of amides is 1. The Kier molecular flexibility index (Phi) is 5.48. The van der Waals surface area contributed by atoms with E-state index in [4.69, 9.17) is 22.1 Å². The molecule has 5 heteroatoms. The molecule has 21 heavy (non-hydrogen) atoms. The van der Waals surface area contributed by atoms with Crippen LogP contribution in [-0.4, -0.2) is 24.1 Å². The number of rotatable bonds is 7. The minimum Gasteiger partial charge on any atom is -0.481 e. The molecule has 0 aliphatic heterocycles. The van der Waals surface area contributed by atoms with E-state index >= 15 is 0 Å².